The van der Waals surface area contributed by atoms with E-state index in [1.54, 1.807) is 12.3 Å². The summed E-state index contributed by atoms with van der Waals surface area (Å²) in [6.07, 6.45) is 7.71. The average molecular weight is 204 g/mol. The molecule has 0 fully saturated rings. The molecule has 0 saturated heterocycles. The third kappa shape index (κ3) is 2.15. The smallest absolute Gasteiger partial charge is 0.166 e. The summed E-state index contributed by atoms with van der Waals surface area (Å²) in [7, 11) is 1.92. The number of hydrogen-bond acceptors (Lipinski definition) is 3. The van der Waals surface area contributed by atoms with Gasteiger partial charge in [-0.1, -0.05) is 0 Å². The number of Topliss-reactive ketones (excluding diaryl/α,β-unsaturated/α-hetero) is 1. The number of carbonyl (C=O) groups is 1. The van der Waals surface area contributed by atoms with E-state index in [4.69, 9.17) is 4.42 Å². The first-order valence-electron chi connectivity index (χ1n) is 4.79. The number of carbonyl (C=O) groups excluding carboxylic acids is 1. The lowest BCUT2D eigenvalue weighted by Gasteiger charge is -1.99. The van der Waals surface area contributed by atoms with Gasteiger partial charge in [-0.3, -0.25) is 4.79 Å². The van der Waals surface area contributed by atoms with Crippen LogP contribution in [0.1, 0.15) is 22.6 Å². The molecule has 4 nitrogen and oxygen atoms in total. The van der Waals surface area contributed by atoms with E-state index >= 15 is 0 Å². The molecule has 2 heterocycles. The molecule has 78 valence electrons. The number of ketones is 1. The van der Waals surface area contributed by atoms with Crippen LogP contribution in [0.2, 0.25) is 0 Å². The number of imidazole rings is 1. The fourth-order valence-corrected chi connectivity index (χ4v) is 1.43. The number of aromatic nitrogens is 2. The summed E-state index contributed by atoms with van der Waals surface area (Å²) >= 11 is 0. The van der Waals surface area contributed by atoms with Gasteiger partial charge in [-0.2, -0.15) is 0 Å². The van der Waals surface area contributed by atoms with Gasteiger partial charge in [-0.25, -0.2) is 4.98 Å². The van der Waals surface area contributed by atoms with Crippen LogP contribution in [-0.2, 0) is 13.5 Å². The molecule has 0 radical (unpaired) electrons. The summed E-state index contributed by atoms with van der Waals surface area (Å²) in [5, 5.41) is 0. The van der Waals surface area contributed by atoms with Crippen molar-refractivity contribution in [2.75, 3.05) is 0 Å². The van der Waals surface area contributed by atoms with E-state index in [1.165, 1.54) is 12.5 Å². The van der Waals surface area contributed by atoms with Crippen molar-refractivity contribution >= 4 is 5.78 Å². The van der Waals surface area contributed by atoms with E-state index in [9.17, 15) is 4.79 Å². The van der Waals surface area contributed by atoms with Gasteiger partial charge in [0.15, 0.2) is 5.78 Å². The van der Waals surface area contributed by atoms with Crippen LogP contribution < -0.4 is 0 Å². The second-order valence-electron chi connectivity index (χ2n) is 3.39. The van der Waals surface area contributed by atoms with Crippen molar-refractivity contribution in [2.24, 2.45) is 7.05 Å². The molecule has 2 aromatic heterocycles. The van der Waals surface area contributed by atoms with Gasteiger partial charge in [0, 0.05) is 32.3 Å². The molecule has 0 bridgehead atoms. The van der Waals surface area contributed by atoms with Gasteiger partial charge < -0.3 is 8.98 Å². The Labute approximate surface area is 87.5 Å². The van der Waals surface area contributed by atoms with Crippen LogP contribution in [0, 0.1) is 0 Å². The minimum atomic E-state index is 0.0896. The molecule has 0 N–H and O–H groups in total. The standard InChI is InChI=1S/C11H12N2O2/c1-13-6-5-12-11(13)3-2-10(14)9-4-7-15-8-9/h4-8H,2-3H2,1H3. The predicted molar refractivity (Wildman–Crippen MR) is 54.6 cm³/mol. The second-order valence-corrected chi connectivity index (χ2v) is 3.39. The van der Waals surface area contributed by atoms with Gasteiger partial charge >= 0.3 is 0 Å². The Morgan fingerprint density at radius 3 is 3.07 bits per heavy atom. The Morgan fingerprint density at radius 1 is 1.60 bits per heavy atom. The largest absolute Gasteiger partial charge is 0.472 e. The van der Waals surface area contributed by atoms with Crippen LogP contribution >= 0.6 is 0 Å². The lowest BCUT2D eigenvalue weighted by Crippen LogP contribution is -2.03. The summed E-state index contributed by atoms with van der Waals surface area (Å²) < 4.78 is 6.77. The maximum atomic E-state index is 11.6. The van der Waals surface area contributed by atoms with Crippen LogP contribution in [0.5, 0.6) is 0 Å². The first kappa shape index (κ1) is 9.71. The second kappa shape index (κ2) is 4.13. The normalized spacial score (nSPS) is 10.5. The number of nitrogens with zero attached hydrogens (tertiary/aromatic N) is 2. The maximum Gasteiger partial charge on any atom is 0.166 e. The first-order valence-corrected chi connectivity index (χ1v) is 4.79. The predicted octanol–water partition coefficient (Wildman–Crippen LogP) is 1.83. The number of aryl methyl sites for hydroxylation is 2. The third-order valence-corrected chi connectivity index (χ3v) is 2.34. The first-order chi connectivity index (χ1) is 7.27. The van der Waals surface area contributed by atoms with Gasteiger partial charge in [0.25, 0.3) is 0 Å². The molecule has 2 aromatic rings. The monoisotopic (exact) mass is 204 g/mol. The summed E-state index contributed by atoms with van der Waals surface area (Å²) in [6.45, 7) is 0. The summed E-state index contributed by atoms with van der Waals surface area (Å²) in [6, 6.07) is 1.68. The molecule has 15 heavy (non-hydrogen) atoms. The van der Waals surface area contributed by atoms with E-state index in [1.807, 2.05) is 17.8 Å². The van der Waals surface area contributed by atoms with Gasteiger partial charge in [0.2, 0.25) is 0 Å². The number of hydrogen-bond donors (Lipinski definition) is 0. The van der Waals surface area contributed by atoms with Gasteiger partial charge in [0.05, 0.1) is 11.8 Å². The van der Waals surface area contributed by atoms with Crippen molar-refractivity contribution in [3.8, 4) is 0 Å². The molecule has 0 aromatic carbocycles. The van der Waals surface area contributed by atoms with E-state index in [0.717, 1.165) is 5.82 Å². The Morgan fingerprint density at radius 2 is 2.47 bits per heavy atom. The van der Waals surface area contributed by atoms with E-state index < -0.39 is 0 Å². The lowest BCUT2D eigenvalue weighted by molar-refractivity contribution is 0.0981. The summed E-state index contributed by atoms with van der Waals surface area (Å²) in [5.74, 6) is 1.01. The molecular weight excluding hydrogens is 192 g/mol. The Balaban J connectivity index is 1.95. The molecule has 0 atom stereocenters. The van der Waals surface area contributed by atoms with Crippen molar-refractivity contribution in [1.29, 1.82) is 0 Å². The number of furan rings is 1. The van der Waals surface area contributed by atoms with Gasteiger partial charge in [0.1, 0.15) is 12.1 Å². The Hall–Kier alpha value is -1.84. The van der Waals surface area contributed by atoms with E-state index in [2.05, 4.69) is 4.98 Å². The highest BCUT2D eigenvalue weighted by molar-refractivity contribution is 5.95. The quantitative estimate of drug-likeness (QED) is 0.714. The molecule has 4 heteroatoms. The van der Waals surface area contributed by atoms with Crippen molar-refractivity contribution < 1.29 is 9.21 Å². The lowest BCUT2D eigenvalue weighted by atomic mass is 10.1. The van der Waals surface area contributed by atoms with Crippen LogP contribution in [-0.4, -0.2) is 15.3 Å². The Bertz CT molecular complexity index is 443. The minimum absolute atomic E-state index is 0.0896. The van der Waals surface area contributed by atoms with Gasteiger partial charge in [-0.05, 0) is 6.07 Å². The molecule has 0 aliphatic rings. The molecule has 0 aliphatic heterocycles. The fourth-order valence-electron chi connectivity index (χ4n) is 1.43. The molecule has 0 amide bonds. The summed E-state index contributed by atoms with van der Waals surface area (Å²) in [5.41, 5.74) is 0.629. The third-order valence-electron chi connectivity index (χ3n) is 2.34. The highest BCUT2D eigenvalue weighted by Crippen LogP contribution is 2.07. The van der Waals surface area contributed by atoms with Gasteiger partial charge in [-0.15, -0.1) is 0 Å². The average Bonchev–Trinajstić information content (AvgIpc) is 2.85. The van der Waals surface area contributed by atoms with Crippen molar-refractivity contribution in [2.45, 2.75) is 12.8 Å². The number of rotatable bonds is 4. The minimum Gasteiger partial charge on any atom is -0.472 e. The fraction of sp³-hybridized carbons (Fsp3) is 0.273. The van der Waals surface area contributed by atoms with Crippen molar-refractivity contribution in [1.82, 2.24) is 9.55 Å². The molecule has 0 saturated carbocycles. The SMILES string of the molecule is Cn1ccnc1CCC(=O)c1ccoc1. The highest BCUT2D eigenvalue weighted by atomic mass is 16.3. The van der Waals surface area contributed by atoms with Crippen LogP contribution in [0.25, 0.3) is 0 Å². The topological polar surface area (TPSA) is 48.0 Å². The van der Waals surface area contributed by atoms with E-state index in [-0.39, 0.29) is 5.78 Å². The zero-order chi connectivity index (χ0) is 10.7. The molecule has 0 aliphatic carbocycles. The molecule has 0 unspecified atom stereocenters. The zero-order valence-corrected chi connectivity index (χ0v) is 8.51. The molecule has 0 spiro atoms. The zero-order valence-electron chi connectivity index (χ0n) is 8.51. The molecule has 2 rings (SSSR count). The van der Waals surface area contributed by atoms with Crippen LogP contribution in [0.4, 0.5) is 0 Å². The van der Waals surface area contributed by atoms with E-state index in [0.29, 0.717) is 18.4 Å². The van der Waals surface area contributed by atoms with Crippen molar-refractivity contribution in [3.63, 3.8) is 0 Å². The van der Waals surface area contributed by atoms with Crippen molar-refractivity contribution in [3.05, 3.63) is 42.4 Å². The molecular formula is C11H12N2O2. The summed E-state index contributed by atoms with van der Waals surface area (Å²) in [4.78, 5) is 15.8. The van der Waals surface area contributed by atoms with Crippen LogP contribution in [0.3, 0.4) is 0 Å². The maximum absolute atomic E-state index is 11.6. The highest BCUT2D eigenvalue weighted by Gasteiger charge is 2.08. The van der Waals surface area contributed by atoms with Crippen LogP contribution in [0.15, 0.2) is 35.4 Å². The Kier molecular flexibility index (Phi) is 2.67.